The molecule has 8 nitrogen and oxygen atoms in total. The van der Waals surface area contributed by atoms with Gasteiger partial charge in [-0.25, -0.2) is 8.78 Å². The van der Waals surface area contributed by atoms with Crippen molar-refractivity contribution in [2.24, 2.45) is 11.8 Å². The van der Waals surface area contributed by atoms with Crippen LogP contribution in [0.4, 0.5) is 14.5 Å². The highest BCUT2D eigenvalue weighted by Gasteiger charge is 2.34. The lowest BCUT2D eigenvalue weighted by atomic mass is 9.89. The summed E-state index contributed by atoms with van der Waals surface area (Å²) >= 11 is 0. The Morgan fingerprint density at radius 2 is 1.58 bits per heavy atom. The zero-order chi connectivity index (χ0) is 27.5. The molecule has 2 unspecified atom stereocenters. The van der Waals surface area contributed by atoms with Crippen LogP contribution in [0.2, 0.25) is 0 Å². The molecule has 0 spiro atoms. The fraction of sp³-hybridized carbons (Fsp3) is 0.321. The van der Waals surface area contributed by atoms with Gasteiger partial charge in [0.05, 0.1) is 29.8 Å². The first-order valence-electron chi connectivity index (χ1n) is 12.3. The summed E-state index contributed by atoms with van der Waals surface area (Å²) in [5.41, 5.74) is 7.40. The van der Waals surface area contributed by atoms with Crippen LogP contribution in [0.1, 0.15) is 12.0 Å². The van der Waals surface area contributed by atoms with Crippen molar-refractivity contribution in [3.63, 3.8) is 0 Å². The molecule has 0 aliphatic rings. The number of alkyl halides is 2. The van der Waals surface area contributed by atoms with Crippen LogP contribution in [0.3, 0.4) is 0 Å². The number of carbonyl (C=O) groups excluding carboxylic acids is 2. The number of nitrogens with two attached hydrogens (primary N) is 1. The number of amides is 2. The molecule has 1 heterocycles. The van der Waals surface area contributed by atoms with Crippen molar-refractivity contribution >= 4 is 17.5 Å². The highest BCUT2D eigenvalue weighted by Crippen LogP contribution is 2.23. The third kappa shape index (κ3) is 7.72. The lowest BCUT2D eigenvalue weighted by molar-refractivity contribution is -0.131. The average Bonchev–Trinajstić information content (AvgIpc) is 2.91. The lowest BCUT2D eigenvalue weighted by Crippen LogP contribution is -2.42. The molecule has 38 heavy (non-hydrogen) atoms. The predicted molar refractivity (Wildman–Crippen MR) is 141 cm³/mol. The number of halogens is 2. The Bertz CT molecular complexity index is 1250. The quantitative estimate of drug-likeness (QED) is 0.272. The molecule has 0 fully saturated rings. The Morgan fingerprint density at radius 1 is 0.921 bits per heavy atom. The van der Waals surface area contributed by atoms with E-state index in [0.717, 1.165) is 5.56 Å². The van der Waals surface area contributed by atoms with Gasteiger partial charge in [0, 0.05) is 13.1 Å². The zero-order valence-electron chi connectivity index (χ0n) is 20.9. The first-order valence-corrected chi connectivity index (χ1v) is 12.3. The van der Waals surface area contributed by atoms with Gasteiger partial charge in [-0.2, -0.15) is 0 Å². The van der Waals surface area contributed by atoms with E-state index in [2.05, 4.69) is 10.6 Å². The number of nitrogens with zero attached hydrogens (tertiary/aromatic N) is 1. The molecule has 2 amide bonds. The van der Waals surface area contributed by atoms with E-state index in [1.54, 1.807) is 30.3 Å². The minimum Gasteiger partial charge on any atom is -0.396 e. The number of hydrogen-bond donors (Lipinski definition) is 4. The van der Waals surface area contributed by atoms with Crippen molar-refractivity contribution in [1.29, 1.82) is 0 Å². The number of aromatic nitrogens is 1. The number of benzene rings is 2. The van der Waals surface area contributed by atoms with Crippen LogP contribution in [0.5, 0.6) is 0 Å². The summed E-state index contributed by atoms with van der Waals surface area (Å²) < 4.78 is 28.4. The van der Waals surface area contributed by atoms with Crippen LogP contribution in [-0.2, 0) is 22.6 Å². The molecule has 5 N–H and O–H groups in total. The van der Waals surface area contributed by atoms with E-state index in [1.807, 2.05) is 36.4 Å². The van der Waals surface area contributed by atoms with Gasteiger partial charge in [0.25, 0.3) is 5.56 Å². The van der Waals surface area contributed by atoms with Gasteiger partial charge >= 0.3 is 0 Å². The standard InChI is InChI=1S/C28H32F2N4O4/c29-26(30)22(18-35)21(27(37)33-15-13-19-7-3-1-4-8-19)14-16-32-25(36)17-34-24(12-11-23(31)28(34)38)20-9-5-2-6-10-20/h1-12,21-22,26,35H,13-18,31H2,(H,32,36)(H,33,37). The van der Waals surface area contributed by atoms with E-state index in [-0.39, 0.29) is 31.7 Å². The van der Waals surface area contributed by atoms with Crippen molar-refractivity contribution in [1.82, 2.24) is 15.2 Å². The van der Waals surface area contributed by atoms with E-state index in [1.165, 1.54) is 10.6 Å². The average molecular weight is 527 g/mol. The first-order chi connectivity index (χ1) is 18.3. The maximum atomic E-state index is 13.6. The zero-order valence-corrected chi connectivity index (χ0v) is 20.9. The smallest absolute Gasteiger partial charge is 0.274 e. The van der Waals surface area contributed by atoms with E-state index >= 15 is 0 Å². The SMILES string of the molecule is Nc1ccc(-c2ccccc2)n(CC(=O)NCCC(C(=O)NCCc2ccccc2)C(CO)C(F)F)c1=O. The highest BCUT2D eigenvalue weighted by atomic mass is 19.3. The Kier molecular flexibility index (Phi) is 10.5. The number of rotatable bonds is 13. The molecule has 0 aliphatic carbocycles. The highest BCUT2D eigenvalue weighted by molar-refractivity contribution is 5.79. The number of nitrogen functional groups attached to an aromatic ring is 1. The second kappa shape index (κ2) is 14.0. The summed E-state index contributed by atoms with van der Waals surface area (Å²) in [4.78, 5) is 38.1. The third-order valence-electron chi connectivity index (χ3n) is 6.30. The Labute approximate surface area is 219 Å². The molecule has 0 radical (unpaired) electrons. The van der Waals surface area contributed by atoms with Crippen LogP contribution in [0, 0.1) is 11.8 Å². The van der Waals surface area contributed by atoms with Crippen LogP contribution in [-0.4, -0.2) is 47.6 Å². The molecule has 0 aliphatic heterocycles. The van der Waals surface area contributed by atoms with Crippen molar-refractivity contribution in [2.45, 2.75) is 25.8 Å². The molecule has 202 valence electrons. The lowest BCUT2D eigenvalue weighted by Gasteiger charge is -2.24. The van der Waals surface area contributed by atoms with E-state index < -0.39 is 42.2 Å². The van der Waals surface area contributed by atoms with Gasteiger partial charge in [-0.15, -0.1) is 0 Å². The first kappa shape index (κ1) is 28.5. The number of carbonyl (C=O) groups is 2. The normalized spacial score (nSPS) is 12.6. The second-order valence-electron chi connectivity index (χ2n) is 8.88. The van der Waals surface area contributed by atoms with Gasteiger partial charge < -0.3 is 21.5 Å². The van der Waals surface area contributed by atoms with Crippen LogP contribution < -0.4 is 21.9 Å². The molecule has 0 saturated heterocycles. The summed E-state index contributed by atoms with van der Waals surface area (Å²) in [6.45, 7) is -1.08. The van der Waals surface area contributed by atoms with Gasteiger partial charge in [-0.1, -0.05) is 60.7 Å². The number of pyridine rings is 1. The second-order valence-corrected chi connectivity index (χ2v) is 8.88. The van der Waals surface area contributed by atoms with Gasteiger partial charge in [0.1, 0.15) is 6.54 Å². The van der Waals surface area contributed by atoms with E-state index in [4.69, 9.17) is 5.73 Å². The van der Waals surface area contributed by atoms with Gasteiger partial charge in [0.15, 0.2) is 0 Å². The molecule has 10 heteroatoms. The van der Waals surface area contributed by atoms with E-state index in [9.17, 15) is 28.3 Å². The summed E-state index contributed by atoms with van der Waals surface area (Å²) in [6, 6.07) is 21.5. The summed E-state index contributed by atoms with van der Waals surface area (Å²) in [6.07, 6.45) is -2.51. The maximum absolute atomic E-state index is 13.6. The van der Waals surface area contributed by atoms with Crippen molar-refractivity contribution in [3.8, 4) is 11.3 Å². The fourth-order valence-corrected chi connectivity index (χ4v) is 4.21. The molecule has 0 bridgehead atoms. The Hall–Kier alpha value is -4.05. The molecule has 3 aromatic rings. The monoisotopic (exact) mass is 526 g/mol. The summed E-state index contributed by atoms with van der Waals surface area (Å²) in [5.74, 6) is -3.96. The molecule has 1 aromatic heterocycles. The maximum Gasteiger partial charge on any atom is 0.274 e. The van der Waals surface area contributed by atoms with Crippen molar-refractivity contribution in [2.75, 3.05) is 25.4 Å². The molecular weight excluding hydrogens is 494 g/mol. The molecule has 2 atom stereocenters. The van der Waals surface area contributed by atoms with Crippen LogP contribution in [0.25, 0.3) is 11.3 Å². The number of hydrogen-bond acceptors (Lipinski definition) is 5. The van der Waals surface area contributed by atoms with Crippen LogP contribution in [0.15, 0.2) is 77.6 Å². The summed E-state index contributed by atoms with van der Waals surface area (Å²) in [5, 5.41) is 14.8. The van der Waals surface area contributed by atoms with Gasteiger partial charge in [-0.3, -0.25) is 19.0 Å². The Morgan fingerprint density at radius 3 is 2.21 bits per heavy atom. The summed E-state index contributed by atoms with van der Waals surface area (Å²) in [7, 11) is 0. The topological polar surface area (TPSA) is 126 Å². The third-order valence-corrected chi connectivity index (χ3v) is 6.30. The molecular formula is C28H32F2N4O4. The number of aliphatic hydroxyl groups is 1. The van der Waals surface area contributed by atoms with Crippen molar-refractivity contribution < 1.29 is 23.5 Å². The van der Waals surface area contributed by atoms with E-state index in [0.29, 0.717) is 17.7 Å². The Balaban J connectivity index is 1.63. The molecule has 0 saturated carbocycles. The molecule has 2 aromatic carbocycles. The fourth-order valence-electron chi connectivity index (χ4n) is 4.21. The predicted octanol–water partition coefficient (Wildman–Crippen LogP) is 2.45. The number of aliphatic hydroxyl groups excluding tert-OH is 1. The molecule has 3 rings (SSSR count). The van der Waals surface area contributed by atoms with Crippen LogP contribution >= 0.6 is 0 Å². The largest absolute Gasteiger partial charge is 0.396 e. The minimum absolute atomic E-state index is 0.0209. The number of nitrogens with one attached hydrogen (secondary N) is 2. The van der Waals surface area contributed by atoms with Crippen molar-refractivity contribution in [3.05, 3.63) is 88.7 Å². The number of anilines is 1. The van der Waals surface area contributed by atoms with Gasteiger partial charge in [-0.05, 0) is 36.1 Å². The van der Waals surface area contributed by atoms with Gasteiger partial charge in [0.2, 0.25) is 18.2 Å². The minimum atomic E-state index is -2.92.